The predicted octanol–water partition coefficient (Wildman–Crippen LogP) is 1.15. The first-order valence-electron chi connectivity index (χ1n) is 7.94. The summed E-state index contributed by atoms with van der Waals surface area (Å²) in [5.41, 5.74) is 6.18. The Morgan fingerprint density at radius 1 is 1.11 bits per heavy atom. The van der Waals surface area contributed by atoms with E-state index in [0.717, 1.165) is 4.68 Å². The Labute approximate surface area is 157 Å². The number of alkyl carbamates (subject to hydrolysis) is 1. The van der Waals surface area contributed by atoms with E-state index < -0.39 is 24.0 Å². The average molecular weight is 385 g/mol. The number of para-hydroxylation sites is 1. The summed E-state index contributed by atoms with van der Waals surface area (Å²) >= 11 is 0. The molecule has 3 aromatic rings. The van der Waals surface area contributed by atoms with E-state index in [1.165, 1.54) is 6.07 Å². The molecule has 2 aromatic carbocycles. The third-order valence-corrected chi connectivity index (χ3v) is 3.67. The molecule has 0 aliphatic rings. The highest BCUT2D eigenvalue weighted by Gasteiger charge is 2.49. The van der Waals surface area contributed by atoms with Crippen LogP contribution in [-0.2, 0) is 26.7 Å². The van der Waals surface area contributed by atoms with Gasteiger partial charge in [-0.3, -0.25) is 5.32 Å². The number of primary amides is 1. The van der Waals surface area contributed by atoms with Crippen molar-refractivity contribution in [3.05, 3.63) is 60.2 Å². The zero-order chi connectivity index (χ0) is 20.1. The molecule has 1 heterocycles. The minimum absolute atomic E-state index is 0.142. The maximum atomic E-state index is 12.3. The minimum atomic E-state index is -2.80. The van der Waals surface area contributed by atoms with Crippen molar-refractivity contribution < 1.29 is 29.0 Å². The Morgan fingerprint density at radius 2 is 1.79 bits per heavy atom. The number of nitrogens with two attached hydrogens (primary N) is 1. The monoisotopic (exact) mass is 385 g/mol. The highest BCUT2D eigenvalue weighted by molar-refractivity contribution is 5.85. The first-order valence-corrected chi connectivity index (χ1v) is 7.94. The molecule has 1 unspecified atom stereocenters. The van der Waals surface area contributed by atoms with Crippen molar-refractivity contribution >= 4 is 29.2 Å². The minimum Gasteiger partial charge on any atom is -0.475 e. The fourth-order valence-electron chi connectivity index (χ4n) is 2.45. The Kier molecular flexibility index (Phi) is 5.07. The van der Waals surface area contributed by atoms with Crippen LogP contribution in [0.2, 0.25) is 0 Å². The standard InChI is InChI=1S/C17H15N5O6/c18-15(25)28-17(14(23)24,22-13-9-5-4-8-12(13)20-21-22)19-16(26)27-10-11-6-2-1-3-7-11/h1-9H,10H2,(H2,18,25)(H,19,26)(H,23,24). The third kappa shape index (κ3) is 3.67. The van der Waals surface area contributed by atoms with Crippen LogP contribution in [0, 0.1) is 0 Å². The van der Waals surface area contributed by atoms with Crippen LogP contribution in [0.5, 0.6) is 0 Å². The lowest BCUT2D eigenvalue weighted by Gasteiger charge is -2.28. The molecule has 1 atom stereocenters. The third-order valence-electron chi connectivity index (χ3n) is 3.67. The quantitative estimate of drug-likeness (QED) is 0.533. The number of carbonyl (C=O) groups excluding carboxylic acids is 2. The fraction of sp³-hybridized carbons (Fsp3) is 0.118. The van der Waals surface area contributed by atoms with Crippen molar-refractivity contribution in [2.24, 2.45) is 5.73 Å². The predicted molar refractivity (Wildman–Crippen MR) is 93.6 cm³/mol. The van der Waals surface area contributed by atoms with Gasteiger partial charge in [-0.15, -0.1) is 5.10 Å². The van der Waals surface area contributed by atoms with E-state index in [1.807, 2.05) is 5.32 Å². The van der Waals surface area contributed by atoms with Crippen molar-refractivity contribution in [2.75, 3.05) is 0 Å². The number of fused-ring (bicyclic) bond motifs is 1. The van der Waals surface area contributed by atoms with Gasteiger partial charge in [-0.25, -0.2) is 14.4 Å². The average Bonchev–Trinajstić information content (AvgIpc) is 3.10. The number of nitrogens with one attached hydrogen (secondary N) is 1. The van der Waals surface area contributed by atoms with Crippen LogP contribution in [0.4, 0.5) is 9.59 Å². The first kappa shape index (κ1) is 18.6. The molecule has 0 fully saturated rings. The number of carboxylic acids is 1. The Morgan fingerprint density at radius 3 is 2.46 bits per heavy atom. The number of rotatable bonds is 6. The van der Waals surface area contributed by atoms with Crippen molar-refractivity contribution in [2.45, 2.75) is 12.5 Å². The maximum absolute atomic E-state index is 12.3. The summed E-state index contributed by atoms with van der Waals surface area (Å²) in [4.78, 5) is 35.7. The van der Waals surface area contributed by atoms with Gasteiger partial charge < -0.3 is 20.3 Å². The van der Waals surface area contributed by atoms with E-state index in [9.17, 15) is 19.5 Å². The molecule has 11 heteroatoms. The number of nitrogens with zero attached hydrogens (tertiary/aromatic N) is 3. The first-order chi connectivity index (χ1) is 13.4. The number of hydrogen-bond donors (Lipinski definition) is 3. The smallest absolute Gasteiger partial charge is 0.412 e. The fourth-order valence-corrected chi connectivity index (χ4v) is 2.45. The molecule has 0 radical (unpaired) electrons. The van der Waals surface area contributed by atoms with Crippen molar-refractivity contribution in [3.63, 3.8) is 0 Å². The van der Waals surface area contributed by atoms with Crippen LogP contribution < -0.4 is 11.1 Å². The summed E-state index contributed by atoms with van der Waals surface area (Å²) in [7, 11) is 0. The number of amides is 2. The van der Waals surface area contributed by atoms with E-state index in [-0.39, 0.29) is 12.1 Å². The van der Waals surface area contributed by atoms with E-state index in [4.69, 9.17) is 15.2 Å². The molecular weight excluding hydrogens is 370 g/mol. The Hall–Kier alpha value is -4.15. The van der Waals surface area contributed by atoms with Gasteiger partial charge in [0.25, 0.3) is 0 Å². The zero-order valence-corrected chi connectivity index (χ0v) is 14.3. The molecule has 0 saturated heterocycles. The van der Waals surface area contributed by atoms with E-state index in [2.05, 4.69) is 10.3 Å². The molecule has 2 amide bonds. The van der Waals surface area contributed by atoms with Gasteiger partial charge in [-0.05, 0) is 17.7 Å². The molecule has 4 N–H and O–H groups in total. The van der Waals surface area contributed by atoms with E-state index in [1.54, 1.807) is 48.5 Å². The normalized spacial score (nSPS) is 12.7. The van der Waals surface area contributed by atoms with Crippen molar-refractivity contribution in [1.82, 2.24) is 20.3 Å². The molecule has 0 spiro atoms. The van der Waals surface area contributed by atoms with Gasteiger partial charge in [-0.1, -0.05) is 47.7 Å². The number of hydrogen-bond acceptors (Lipinski definition) is 7. The van der Waals surface area contributed by atoms with Gasteiger partial charge in [0.15, 0.2) is 0 Å². The van der Waals surface area contributed by atoms with Gasteiger partial charge in [0.05, 0.1) is 5.52 Å². The number of aromatic nitrogens is 3. The van der Waals surface area contributed by atoms with Crippen molar-refractivity contribution in [1.29, 1.82) is 0 Å². The van der Waals surface area contributed by atoms with Gasteiger partial charge >= 0.3 is 24.0 Å². The SMILES string of the molecule is NC(=O)OC(NC(=O)OCc1ccccc1)(C(=O)O)n1nnc2ccccc21. The second-order valence-electron chi connectivity index (χ2n) is 5.55. The summed E-state index contributed by atoms with van der Waals surface area (Å²) < 4.78 is 10.5. The topological polar surface area (TPSA) is 159 Å². The Bertz CT molecular complexity index is 1020. The summed E-state index contributed by atoms with van der Waals surface area (Å²) in [6.45, 7) is -0.142. The lowest BCUT2D eigenvalue weighted by atomic mass is 10.2. The van der Waals surface area contributed by atoms with Gasteiger partial charge in [0.1, 0.15) is 12.1 Å². The van der Waals surface area contributed by atoms with Gasteiger partial charge in [-0.2, -0.15) is 4.68 Å². The summed E-state index contributed by atoms with van der Waals surface area (Å²) in [6.07, 6.45) is -2.63. The maximum Gasteiger partial charge on any atom is 0.412 e. The van der Waals surface area contributed by atoms with E-state index >= 15 is 0 Å². The molecule has 0 aliphatic heterocycles. The lowest BCUT2D eigenvalue weighted by molar-refractivity contribution is -0.176. The second kappa shape index (κ2) is 7.61. The molecule has 144 valence electrons. The summed E-state index contributed by atoms with van der Waals surface area (Å²) in [5.74, 6) is -4.56. The molecule has 1 aromatic heterocycles. The zero-order valence-electron chi connectivity index (χ0n) is 14.3. The largest absolute Gasteiger partial charge is 0.475 e. The van der Waals surface area contributed by atoms with Gasteiger partial charge in [0, 0.05) is 0 Å². The summed E-state index contributed by atoms with van der Waals surface area (Å²) in [5, 5.41) is 19.2. The molecule has 3 rings (SSSR count). The number of ether oxygens (including phenoxy) is 2. The second-order valence-corrected chi connectivity index (χ2v) is 5.55. The van der Waals surface area contributed by atoms with Crippen LogP contribution in [0.3, 0.4) is 0 Å². The lowest BCUT2D eigenvalue weighted by Crippen LogP contribution is -2.60. The van der Waals surface area contributed by atoms with E-state index in [0.29, 0.717) is 11.1 Å². The molecule has 0 bridgehead atoms. The highest BCUT2D eigenvalue weighted by Crippen LogP contribution is 2.21. The van der Waals surface area contributed by atoms with Gasteiger partial charge in [0.2, 0.25) is 0 Å². The van der Waals surface area contributed by atoms with Crippen LogP contribution in [-0.4, -0.2) is 38.3 Å². The molecule has 0 aliphatic carbocycles. The Balaban J connectivity index is 1.93. The summed E-state index contributed by atoms with van der Waals surface area (Å²) in [6, 6.07) is 15.0. The van der Waals surface area contributed by atoms with Crippen LogP contribution in [0.1, 0.15) is 5.56 Å². The number of benzene rings is 2. The van der Waals surface area contributed by atoms with Crippen molar-refractivity contribution in [3.8, 4) is 0 Å². The molecule has 28 heavy (non-hydrogen) atoms. The number of carbonyl (C=O) groups is 3. The molecular formula is C17H15N5O6. The highest BCUT2D eigenvalue weighted by atomic mass is 16.6. The number of carboxylic acid groups (broad SMARTS) is 1. The molecule has 11 nitrogen and oxygen atoms in total. The molecule has 0 saturated carbocycles. The van der Waals surface area contributed by atoms with Crippen LogP contribution in [0.15, 0.2) is 54.6 Å². The van der Waals surface area contributed by atoms with Crippen LogP contribution >= 0.6 is 0 Å². The number of aliphatic carboxylic acids is 1. The van der Waals surface area contributed by atoms with Crippen LogP contribution in [0.25, 0.3) is 11.0 Å².